The number of ketones is 1. The summed E-state index contributed by atoms with van der Waals surface area (Å²) < 4.78 is 39.9. The van der Waals surface area contributed by atoms with Crippen LogP contribution < -0.4 is 0 Å². The molecule has 0 amide bonds. The molecule has 0 atom stereocenters. The van der Waals surface area contributed by atoms with Gasteiger partial charge in [0.2, 0.25) is 0 Å². The van der Waals surface area contributed by atoms with E-state index in [2.05, 4.69) is 4.74 Å². The van der Waals surface area contributed by atoms with Crippen molar-refractivity contribution in [2.45, 2.75) is 19.5 Å². The second-order valence-corrected chi connectivity index (χ2v) is 4.54. The Morgan fingerprint density at radius 3 is 2.62 bits per heavy atom. The monoisotopic (exact) mass is 252 g/mol. The van der Waals surface area contributed by atoms with Gasteiger partial charge in [-0.2, -0.15) is 13.2 Å². The Balaban J connectivity index is 2.26. The average Bonchev–Trinajstić information content (AvgIpc) is 2.57. The van der Waals surface area contributed by atoms with E-state index in [1.54, 1.807) is 12.1 Å². The third-order valence-electron chi connectivity index (χ3n) is 1.78. The standard InChI is InChI=1S/C10H11F3O2S/c1-7-2-3-9(16-7)8(14)6-15-5-4-10(11,12)13/h2-3H,4-6H2,1H3. The smallest absolute Gasteiger partial charge is 0.373 e. The van der Waals surface area contributed by atoms with Crippen molar-refractivity contribution in [1.82, 2.24) is 0 Å². The molecule has 0 saturated heterocycles. The minimum atomic E-state index is -4.23. The molecule has 1 aromatic rings. The van der Waals surface area contributed by atoms with E-state index in [1.165, 1.54) is 11.3 Å². The maximum atomic E-state index is 11.7. The summed E-state index contributed by atoms with van der Waals surface area (Å²) in [7, 11) is 0. The van der Waals surface area contributed by atoms with Crippen molar-refractivity contribution in [2.24, 2.45) is 0 Å². The number of halogens is 3. The fraction of sp³-hybridized carbons (Fsp3) is 0.500. The van der Waals surface area contributed by atoms with Crippen molar-refractivity contribution in [3.8, 4) is 0 Å². The number of hydrogen-bond donors (Lipinski definition) is 0. The van der Waals surface area contributed by atoms with Gasteiger partial charge in [-0.3, -0.25) is 4.79 Å². The van der Waals surface area contributed by atoms with Gasteiger partial charge in [0, 0.05) is 4.88 Å². The Morgan fingerprint density at radius 2 is 2.12 bits per heavy atom. The van der Waals surface area contributed by atoms with Gasteiger partial charge in [-0.25, -0.2) is 0 Å². The van der Waals surface area contributed by atoms with Gasteiger partial charge in [0.05, 0.1) is 17.9 Å². The lowest BCUT2D eigenvalue weighted by atomic mass is 10.3. The molecule has 16 heavy (non-hydrogen) atoms. The van der Waals surface area contributed by atoms with E-state index in [1.807, 2.05) is 6.92 Å². The number of thiophene rings is 1. The number of ether oxygens (including phenoxy) is 1. The highest BCUT2D eigenvalue weighted by molar-refractivity contribution is 7.14. The molecule has 2 nitrogen and oxygen atoms in total. The molecular formula is C10H11F3O2S. The predicted octanol–water partition coefficient (Wildman–Crippen LogP) is 3.21. The Bertz CT molecular complexity index is 357. The Hall–Kier alpha value is -0.880. The summed E-state index contributed by atoms with van der Waals surface area (Å²) in [5, 5.41) is 0. The molecule has 0 N–H and O–H groups in total. The van der Waals surface area contributed by atoms with E-state index in [9.17, 15) is 18.0 Å². The van der Waals surface area contributed by atoms with Gasteiger partial charge in [0.25, 0.3) is 0 Å². The molecule has 1 heterocycles. The van der Waals surface area contributed by atoms with Crippen molar-refractivity contribution in [3.63, 3.8) is 0 Å². The molecule has 1 aromatic heterocycles. The molecule has 0 radical (unpaired) electrons. The Morgan fingerprint density at radius 1 is 1.44 bits per heavy atom. The van der Waals surface area contributed by atoms with Crippen LogP contribution in [0, 0.1) is 6.92 Å². The van der Waals surface area contributed by atoms with Gasteiger partial charge in [0.1, 0.15) is 6.61 Å². The number of aryl methyl sites for hydroxylation is 1. The number of hydrogen-bond acceptors (Lipinski definition) is 3. The first-order chi connectivity index (χ1) is 7.38. The van der Waals surface area contributed by atoms with E-state index in [0.717, 1.165) is 4.88 Å². The largest absolute Gasteiger partial charge is 0.391 e. The minimum absolute atomic E-state index is 0.278. The van der Waals surface area contributed by atoms with Crippen LogP contribution in [0.15, 0.2) is 12.1 Å². The van der Waals surface area contributed by atoms with Gasteiger partial charge < -0.3 is 4.74 Å². The second kappa shape index (κ2) is 5.45. The van der Waals surface area contributed by atoms with Gasteiger partial charge in [-0.1, -0.05) is 0 Å². The summed E-state index contributed by atoms with van der Waals surface area (Å²) >= 11 is 1.31. The highest BCUT2D eigenvalue weighted by atomic mass is 32.1. The summed E-state index contributed by atoms with van der Waals surface area (Å²) in [6.45, 7) is 1.08. The van der Waals surface area contributed by atoms with Crippen molar-refractivity contribution < 1.29 is 22.7 Å². The maximum absolute atomic E-state index is 11.7. The summed E-state index contributed by atoms with van der Waals surface area (Å²) in [6, 6.07) is 3.43. The van der Waals surface area contributed by atoms with Crippen molar-refractivity contribution >= 4 is 17.1 Å². The zero-order valence-corrected chi connectivity index (χ0v) is 9.45. The van der Waals surface area contributed by atoms with Crippen LogP contribution in [0.4, 0.5) is 13.2 Å². The van der Waals surface area contributed by atoms with Gasteiger partial charge in [0.15, 0.2) is 5.78 Å². The predicted molar refractivity (Wildman–Crippen MR) is 54.9 cm³/mol. The zero-order chi connectivity index (χ0) is 12.2. The van der Waals surface area contributed by atoms with Crippen LogP contribution in [0.2, 0.25) is 0 Å². The summed E-state index contributed by atoms with van der Waals surface area (Å²) in [5.41, 5.74) is 0. The molecule has 0 aliphatic carbocycles. The first-order valence-corrected chi connectivity index (χ1v) is 5.44. The Kier molecular flexibility index (Phi) is 4.49. The molecule has 0 aromatic carbocycles. The third-order valence-corrected chi connectivity index (χ3v) is 2.82. The maximum Gasteiger partial charge on any atom is 0.391 e. The molecule has 6 heteroatoms. The van der Waals surface area contributed by atoms with Crippen LogP contribution in [-0.4, -0.2) is 25.2 Å². The molecule has 0 spiro atoms. The third kappa shape index (κ3) is 4.76. The number of alkyl halides is 3. The number of Topliss-reactive ketones (excluding diaryl/α,β-unsaturated/α-hetero) is 1. The van der Waals surface area contributed by atoms with Crippen molar-refractivity contribution in [1.29, 1.82) is 0 Å². The Labute approximate surface area is 95.0 Å². The van der Waals surface area contributed by atoms with Crippen LogP contribution in [0.5, 0.6) is 0 Å². The lowest BCUT2D eigenvalue weighted by molar-refractivity contribution is -0.144. The molecule has 90 valence electrons. The zero-order valence-electron chi connectivity index (χ0n) is 8.63. The van der Waals surface area contributed by atoms with Gasteiger partial charge >= 0.3 is 6.18 Å². The highest BCUT2D eigenvalue weighted by Gasteiger charge is 2.26. The summed E-state index contributed by atoms with van der Waals surface area (Å²) in [5.74, 6) is -0.278. The molecule has 0 aliphatic heterocycles. The second-order valence-electron chi connectivity index (χ2n) is 3.25. The van der Waals surface area contributed by atoms with Crippen molar-refractivity contribution in [2.75, 3.05) is 13.2 Å². The van der Waals surface area contributed by atoms with E-state index < -0.39 is 19.2 Å². The first-order valence-electron chi connectivity index (χ1n) is 4.62. The fourth-order valence-electron chi connectivity index (χ4n) is 1.01. The van der Waals surface area contributed by atoms with Gasteiger partial charge in [-0.15, -0.1) is 11.3 Å². The lowest BCUT2D eigenvalue weighted by Crippen LogP contribution is -2.14. The molecule has 0 saturated carbocycles. The van der Waals surface area contributed by atoms with Crippen LogP contribution in [-0.2, 0) is 4.74 Å². The topological polar surface area (TPSA) is 26.3 Å². The van der Waals surface area contributed by atoms with Crippen LogP contribution in [0.1, 0.15) is 21.0 Å². The molecule has 0 unspecified atom stereocenters. The van der Waals surface area contributed by atoms with Crippen LogP contribution in [0.3, 0.4) is 0 Å². The lowest BCUT2D eigenvalue weighted by Gasteiger charge is -2.05. The van der Waals surface area contributed by atoms with Gasteiger partial charge in [-0.05, 0) is 19.1 Å². The molecular weight excluding hydrogens is 241 g/mol. The van der Waals surface area contributed by atoms with E-state index in [4.69, 9.17) is 0 Å². The molecule has 0 fully saturated rings. The van der Waals surface area contributed by atoms with E-state index >= 15 is 0 Å². The summed E-state index contributed by atoms with van der Waals surface area (Å²) in [4.78, 5) is 12.9. The van der Waals surface area contributed by atoms with Crippen LogP contribution in [0.25, 0.3) is 0 Å². The minimum Gasteiger partial charge on any atom is -0.373 e. The highest BCUT2D eigenvalue weighted by Crippen LogP contribution is 2.19. The van der Waals surface area contributed by atoms with E-state index in [0.29, 0.717) is 4.88 Å². The number of carbonyl (C=O) groups is 1. The number of carbonyl (C=O) groups excluding carboxylic acids is 1. The average molecular weight is 252 g/mol. The summed E-state index contributed by atoms with van der Waals surface area (Å²) in [6.07, 6.45) is -5.26. The SMILES string of the molecule is Cc1ccc(C(=O)COCCC(F)(F)F)s1. The molecule has 1 rings (SSSR count). The quantitative estimate of drug-likeness (QED) is 0.594. The van der Waals surface area contributed by atoms with Crippen LogP contribution >= 0.6 is 11.3 Å². The normalized spacial score (nSPS) is 11.8. The molecule has 0 aliphatic rings. The van der Waals surface area contributed by atoms with E-state index in [-0.39, 0.29) is 12.4 Å². The fourth-order valence-corrected chi connectivity index (χ4v) is 1.80. The first kappa shape index (κ1) is 13.2. The molecule has 0 bridgehead atoms. The number of rotatable bonds is 5. The van der Waals surface area contributed by atoms with Crippen molar-refractivity contribution in [3.05, 3.63) is 21.9 Å².